The normalized spacial score (nSPS) is 12.1. The molecule has 0 radical (unpaired) electrons. The van der Waals surface area contributed by atoms with E-state index >= 15 is 0 Å². The predicted molar refractivity (Wildman–Crippen MR) is 62.8 cm³/mol. The van der Waals surface area contributed by atoms with Gasteiger partial charge in [0.15, 0.2) is 0 Å². The van der Waals surface area contributed by atoms with Crippen LogP contribution in [-0.4, -0.2) is 17.4 Å². The molecule has 0 spiro atoms. The summed E-state index contributed by atoms with van der Waals surface area (Å²) in [6, 6.07) is 2.02. The molecule has 1 atom stereocenters. The van der Waals surface area contributed by atoms with Crippen LogP contribution in [0.5, 0.6) is 0 Å². The maximum atomic E-state index is 11.6. The number of rotatable bonds is 5. The van der Waals surface area contributed by atoms with E-state index in [0.717, 1.165) is 11.4 Å². The molecule has 5 heteroatoms. The Morgan fingerprint density at radius 3 is 2.94 bits per heavy atom. The van der Waals surface area contributed by atoms with E-state index in [1.54, 1.807) is 17.5 Å². The van der Waals surface area contributed by atoms with Crippen LogP contribution >= 0.6 is 11.3 Å². The molecule has 0 fully saturated rings. The van der Waals surface area contributed by atoms with Crippen molar-refractivity contribution < 1.29 is 4.79 Å². The number of nitrogens with zero attached hydrogens (tertiary/aromatic N) is 2. The van der Waals surface area contributed by atoms with Crippen LogP contribution in [0.1, 0.15) is 18.9 Å². The smallest absolute Gasteiger partial charge is 0.237 e. The fourth-order valence-electron chi connectivity index (χ4n) is 1.29. The van der Waals surface area contributed by atoms with Crippen LogP contribution in [0.4, 0.5) is 0 Å². The highest BCUT2D eigenvalue weighted by Crippen LogP contribution is 2.09. The molecule has 1 rings (SSSR count). The second kappa shape index (κ2) is 6.23. The summed E-state index contributed by atoms with van der Waals surface area (Å²) in [6.45, 7) is 4.28. The van der Waals surface area contributed by atoms with Crippen molar-refractivity contribution in [2.24, 2.45) is 11.8 Å². The second-order valence-corrected chi connectivity index (χ2v) is 4.80. The largest absolute Gasteiger partial charge is 0.355 e. The van der Waals surface area contributed by atoms with Crippen LogP contribution in [0.3, 0.4) is 0 Å². The Bertz CT molecular complexity index is 367. The summed E-state index contributed by atoms with van der Waals surface area (Å²) in [7, 11) is 0. The number of hydrogen-bond acceptors (Lipinski definition) is 4. The number of hydrogen-bond donors (Lipinski definition) is 1. The van der Waals surface area contributed by atoms with Gasteiger partial charge in [-0.3, -0.25) is 4.79 Å². The van der Waals surface area contributed by atoms with E-state index < -0.39 is 5.92 Å². The lowest BCUT2D eigenvalue weighted by Gasteiger charge is -2.12. The third kappa shape index (κ3) is 3.63. The number of nitrogens with one attached hydrogen (secondary N) is 1. The van der Waals surface area contributed by atoms with Gasteiger partial charge >= 0.3 is 0 Å². The maximum Gasteiger partial charge on any atom is 0.237 e. The van der Waals surface area contributed by atoms with E-state index in [-0.39, 0.29) is 11.8 Å². The molecule has 16 heavy (non-hydrogen) atoms. The summed E-state index contributed by atoms with van der Waals surface area (Å²) < 4.78 is 0. The molecule has 0 aliphatic rings. The predicted octanol–water partition coefficient (Wildman–Crippen LogP) is 1.60. The maximum absolute atomic E-state index is 11.6. The summed E-state index contributed by atoms with van der Waals surface area (Å²) in [5, 5.41) is 14.5. The van der Waals surface area contributed by atoms with Crippen LogP contribution in [-0.2, 0) is 11.2 Å². The highest BCUT2D eigenvalue weighted by Gasteiger charge is 2.20. The van der Waals surface area contributed by atoms with Gasteiger partial charge in [0.05, 0.1) is 11.1 Å². The van der Waals surface area contributed by atoms with Crippen molar-refractivity contribution in [1.82, 2.24) is 10.3 Å². The molecule has 0 aromatic carbocycles. The Morgan fingerprint density at radius 1 is 1.69 bits per heavy atom. The van der Waals surface area contributed by atoms with Crippen molar-refractivity contribution in [3.8, 4) is 6.07 Å². The summed E-state index contributed by atoms with van der Waals surface area (Å²) in [5.41, 5.74) is 0. The first-order valence-corrected chi connectivity index (χ1v) is 6.08. The highest BCUT2D eigenvalue weighted by molar-refractivity contribution is 7.09. The standard InChI is InChI=1S/C11H15N3OS/c1-8(2)9(7-12)11(15)14-4-3-10-13-5-6-16-10/h5-6,8-9H,3-4H2,1-2H3,(H,14,15). The van der Waals surface area contributed by atoms with E-state index in [1.807, 2.05) is 25.3 Å². The zero-order valence-corrected chi connectivity index (χ0v) is 10.3. The molecule has 1 amide bonds. The average Bonchev–Trinajstić information content (AvgIpc) is 2.71. The van der Waals surface area contributed by atoms with Gasteiger partial charge in [-0.05, 0) is 5.92 Å². The molecule has 86 valence electrons. The van der Waals surface area contributed by atoms with E-state index in [2.05, 4.69) is 10.3 Å². The van der Waals surface area contributed by atoms with E-state index in [4.69, 9.17) is 5.26 Å². The molecule has 1 heterocycles. The van der Waals surface area contributed by atoms with Crippen LogP contribution < -0.4 is 5.32 Å². The molecule has 0 aliphatic heterocycles. The van der Waals surface area contributed by atoms with Crippen molar-refractivity contribution in [2.45, 2.75) is 20.3 Å². The zero-order chi connectivity index (χ0) is 12.0. The molecule has 0 bridgehead atoms. The van der Waals surface area contributed by atoms with Crippen molar-refractivity contribution in [3.63, 3.8) is 0 Å². The molecule has 0 saturated carbocycles. The van der Waals surface area contributed by atoms with Gasteiger partial charge in [0.25, 0.3) is 0 Å². The Balaban J connectivity index is 2.33. The number of nitriles is 1. The second-order valence-electron chi connectivity index (χ2n) is 3.82. The fraction of sp³-hybridized carbons (Fsp3) is 0.545. The van der Waals surface area contributed by atoms with Crippen LogP contribution in [0, 0.1) is 23.2 Å². The Morgan fingerprint density at radius 2 is 2.44 bits per heavy atom. The monoisotopic (exact) mass is 237 g/mol. The molecule has 1 aromatic heterocycles. The van der Waals surface area contributed by atoms with Gasteiger partial charge in [-0.2, -0.15) is 5.26 Å². The first-order chi connectivity index (χ1) is 7.65. The molecular formula is C11H15N3OS. The molecule has 0 aliphatic carbocycles. The highest BCUT2D eigenvalue weighted by atomic mass is 32.1. The third-order valence-corrected chi connectivity index (χ3v) is 3.05. The van der Waals surface area contributed by atoms with E-state index in [9.17, 15) is 4.79 Å². The number of aromatic nitrogens is 1. The Hall–Kier alpha value is -1.41. The van der Waals surface area contributed by atoms with Crippen molar-refractivity contribution in [1.29, 1.82) is 5.26 Å². The van der Waals surface area contributed by atoms with Crippen molar-refractivity contribution in [2.75, 3.05) is 6.54 Å². The van der Waals surface area contributed by atoms with Crippen molar-refractivity contribution >= 4 is 17.2 Å². The van der Waals surface area contributed by atoms with Gasteiger partial charge in [0, 0.05) is 24.5 Å². The van der Waals surface area contributed by atoms with Gasteiger partial charge in [0.1, 0.15) is 5.92 Å². The number of amides is 1. The third-order valence-electron chi connectivity index (χ3n) is 2.21. The van der Waals surface area contributed by atoms with Crippen LogP contribution in [0.15, 0.2) is 11.6 Å². The van der Waals surface area contributed by atoms with Crippen molar-refractivity contribution in [3.05, 3.63) is 16.6 Å². The zero-order valence-electron chi connectivity index (χ0n) is 9.43. The minimum atomic E-state index is -0.559. The molecule has 1 unspecified atom stereocenters. The molecular weight excluding hydrogens is 222 g/mol. The lowest BCUT2D eigenvalue weighted by molar-refractivity contribution is -0.124. The summed E-state index contributed by atoms with van der Waals surface area (Å²) in [4.78, 5) is 15.7. The lowest BCUT2D eigenvalue weighted by atomic mass is 9.97. The molecule has 1 N–H and O–H groups in total. The van der Waals surface area contributed by atoms with Gasteiger partial charge in [0.2, 0.25) is 5.91 Å². The Labute approximate surface area is 99.3 Å². The average molecular weight is 237 g/mol. The number of thiazole rings is 1. The quantitative estimate of drug-likeness (QED) is 0.845. The van der Waals surface area contributed by atoms with Crippen LogP contribution in [0.25, 0.3) is 0 Å². The van der Waals surface area contributed by atoms with Gasteiger partial charge in [-0.1, -0.05) is 13.8 Å². The SMILES string of the molecule is CC(C)C(C#N)C(=O)NCCc1nccs1. The fourth-order valence-corrected chi connectivity index (χ4v) is 1.91. The minimum absolute atomic E-state index is 0.0462. The first-order valence-electron chi connectivity index (χ1n) is 5.21. The summed E-state index contributed by atoms with van der Waals surface area (Å²) in [5.74, 6) is -0.699. The molecule has 1 aromatic rings. The topological polar surface area (TPSA) is 65.8 Å². The van der Waals surface area contributed by atoms with Gasteiger partial charge in [-0.15, -0.1) is 11.3 Å². The summed E-state index contributed by atoms with van der Waals surface area (Å²) in [6.07, 6.45) is 2.47. The van der Waals surface area contributed by atoms with Crippen LogP contribution in [0.2, 0.25) is 0 Å². The van der Waals surface area contributed by atoms with E-state index in [0.29, 0.717) is 6.54 Å². The minimum Gasteiger partial charge on any atom is -0.355 e. The van der Waals surface area contributed by atoms with Gasteiger partial charge < -0.3 is 5.32 Å². The first kappa shape index (κ1) is 12.7. The molecule has 0 saturated heterocycles. The number of carbonyl (C=O) groups is 1. The van der Waals surface area contributed by atoms with Gasteiger partial charge in [-0.25, -0.2) is 4.98 Å². The Kier molecular flexibility index (Phi) is 4.93. The lowest BCUT2D eigenvalue weighted by Crippen LogP contribution is -2.34. The molecule has 4 nitrogen and oxygen atoms in total. The van der Waals surface area contributed by atoms with E-state index in [1.165, 1.54) is 0 Å². The number of carbonyl (C=O) groups excluding carboxylic acids is 1. The summed E-state index contributed by atoms with van der Waals surface area (Å²) >= 11 is 1.57.